The maximum atomic E-state index is 2.32. The molecule has 0 aromatic rings. The quantitative estimate of drug-likeness (QED) is 0.347. The first-order valence-corrected chi connectivity index (χ1v) is 6.21. The molecule has 0 nitrogen and oxygen atoms in total. The molecule has 0 aliphatic carbocycles. The Kier molecular flexibility index (Phi) is 12.0. The molecule has 82 valence electrons. The smallest absolute Gasteiger partial charge is 0.0169 e. The zero-order chi connectivity index (χ0) is 10.5. The number of hydrogen-bond donors (Lipinski definition) is 0. The van der Waals surface area contributed by atoms with E-state index in [0.717, 1.165) is 6.42 Å². The Labute approximate surface area is 90.1 Å². The van der Waals surface area contributed by atoms with E-state index in [1.807, 2.05) is 0 Å². The van der Waals surface area contributed by atoms with Gasteiger partial charge in [0.1, 0.15) is 0 Å². The molecule has 0 aliphatic rings. The molecule has 0 aromatic carbocycles. The molecule has 0 saturated heterocycles. The second kappa shape index (κ2) is 12.5. The van der Waals surface area contributed by atoms with Crippen LogP contribution in [-0.2, 0) is 0 Å². The molecule has 0 heterocycles. The predicted molar refractivity (Wildman–Crippen MR) is 66.6 cm³/mol. The van der Waals surface area contributed by atoms with E-state index in [1.165, 1.54) is 44.9 Å². The topological polar surface area (TPSA) is 0 Å². The largest absolute Gasteiger partial charge is 0.0882 e. The lowest BCUT2D eigenvalue weighted by molar-refractivity contribution is 0.728. The van der Waals surface area contributed by atoms with Gasteiger partial charge in [-0.2, -0.15) is 0 Å². The summed E-state index contributed by atoms with van der Waals surface area (Å²) in [6.07, 6.45) is 19.5. The summed E-state index contributed by atoms with van der Waals surface area (Å²) < 4.78 is 0. The Bertz CT molecular complexity index is 142. The molecule has 0 spiro atoms. The van der Waals surface area contributed by atoms with Crippen LogP contribution < -0.4 is 0 Å². The first kappa shape index (κ1) is 13.5. The highest BCUT2D eigenvalue weighted by Gasteiger charge is 1.81. The van der Waals surface area contributed by atoms with Crippen LogP contribution in [0.15, 0.2) is 24.3 Å². The summed E-state index contributed by atoms with van der Waals surface area (Å²) in [6, 6.07) is 0. The maximum absolute atomic E-state index is 2.32. The van der Waals surface area contributed by atoms with Gasteiger partial charge in [-0.1, -0.05) is 63.8 Å². The van der Waals surface area contributed by atoms with Gasteiger partial charge in [-0.25, -0.2) is 0 Å². The molecular formula is C14H26. The van der Waals surface area contributed by atoms with Gasteiger partial charge < -0.3 is 0 Å². The van der Waals surface area contributed by atoms with Gasteiger partial charge in [0.15, 0.2) is 0 Å². The van der Waals surface area contributed by atoms with Crippen molar-refractivity contribution in [2.75, 3.05) is 0 Å². The van der Waals surface area contributed by atoms with E-state index in [0.29, 0.717) is 0 Å². The third kappa shape index (κ3) is 11.5. The Balaban J connectivity index is 3.13. The van der Waals surface area contributed by atoms with Crippen LogP contribution in [0.2, 0.25) is 0 Å². The van der Waals surface area contributed by atoms with Crippen molar-refractivity contribution in [3.63, 3.8) is 0 Å². The van der Waals surface area contributed by atoms with Crippen LogP contribution in [0.4, 0.5) is 0 Å². The van der Waals surface area contributed by atoms with Crippen LogP contribution in [0, 0.1) is 0 Å². The maximum Gasteiger partial charge on any atom is -0.0169 e. The number of unbranched alkanes of at least 4 members (excludes halogenated alkanes) is 5. The molecule has 0 unspecified atom stereocenters. The summed E-state index contributed by atoms with van der Waals surface area (Å²) in [5.41, 5.74) is 0. The van der Waals surface area contributed by atoms with Gasteiger partial charge in [-0.3, -0.25) is 0 Å². The van der Waals surface area contributed by atoms with Crippen LogP contribution in [0.25, 0.3) is 0 Å². The minimum absolute atomic E-state index is 1.12. The highest BCUT2D eigenvalue weighted by Crippen LogP contribution is 2.01. The molecular weight excluding hydrogens is 168 g/mol. The predicted octanol–water partition coefficient (Wildman–Crippen LogP) is 5.26. The van der Waals surface area contributed by atoms with E-state index in [-0.39, 0.29) is 0 Å². The summed E-state index contributed by atoms with van der Waals surface area (Å²) in [7, 11) is 0. The fourth-order valence-corrected chi connectivity index (χ4v) is 1.34. The average Bonchev–Trinajstić information content (AvgIpc) is 2.21. The van der Waals surface area contributed by atoms with Gasteiger partial charge in [0.2, 0.25) is 0 Å². The Morgan fingerprint density at radius 3 is 1.79 bits per heavy atom. The summed E-state index contributed by atoms with van der Waals surface area (Å²) in [6.45, 7) is 4.49. The van der Waals surface area contributed by atoms with Crippen molar-refractivity contribution in [2.45, 2.75) is 65.2 Å². The molecule has 0 amide bonds. The molecule has 0 aromatic heterocycles. The van der Waals surface area contributed by atoms with Gasteiger partial charge in [0.25, 0.3) is 0 Å². The van der Waals surface area contributed by atoms with Crippen molar-refractivity contribution >= 4 is 0 Å². The van der Waals surface area contributed by atoms with Crippen molar-refractivity contribution < 1.29 is 0 Å². The molecule has 0 atom stereocenters. The first-order valence-electron chi connectivity index (χ1n) is 6.21. The van der Waals surface area contributed by atoms with Gasteiger partial charge in [-0.15, -0.1) is 0 Å². The van der Waals surface area contributed by atoms with Crippen LogP contribution in [-0.4, -0.2) is 0 Å². The molecule has 0 fully saturated rings. The molecule has 14 heavy (non-hydrogen) atoms. The second-order valence-electron chi connectivity index (χ2n) is 3.82. The molecule has 0 radical (unpaired) electrons. The van der Waals surface area contributed by atoms with Crippen molar-refractivity contribution in [1.29, 1.82) is 0 Å². The standard InChI is InChI=1S/C14H26/c1-3-5-7-9-11-13-14-12-10-8-6-4-2/h9,11-12,14H,3-8,10,13H2,1-2H3/b11-9-,14-12-. The van der Waals surface area contributed by atoms with Crippen molar-refractivity contribution in [3.05, 3.63) is 24.3 Å². The zero-order valence-corrected chi connectivity index (χ0v) is 9.97. The van der Waals surface area contributed by atoms with E-state index >= 15 is 0 Å². The summed E-state index contributed by atoms with van der Waals surface area (Å²) in [5.74, 6) is 0. The Morgan fingerprint density at radius 2 is 1.21 bits per heavy atom. The lowest BCUT2D eigenvalue weighted by atomic mass is 10.2. The average molecular weight is 194 g/mol. The molecule has 0 aliphatic heterocycles. The van der Waals surface area contributed by atoms with Crippen LogP contribution in [0.1, 0.15) is 65.2 Å². The van der Waals surface area contributed by atoms with Gasteiger partial charge in [0, 0.05) is 0 Å². The van der Waals surface area contributed by atoms with Crippen molar-refractivity contribution in [1.82, 2.24) is 0 Å². The third-order valence-corrected chi connectivity index (χ3v) is 2.30. The Hall–Kier alpha value is -0.520. The summed E-state index contributed by atoms with van der Waals surface area (Å²) in [5, 5.41) is 0. The van der Waals surface area contributed by atoms with Crippen LogP contribution >= 0.6 is 0 Å². The lowest BCUT2D eigenvalue weighted by Crippen LogP contribution is -1.70. The summed E-state index contributed by atoms with van der Waals surface area (Å²) in [4.78, 5) is 0. The van der Waals surface area contributed by atoms with Crippen LogP contribution in [0.3, 0.4) is 0 Å². The van der Waals surface area contributed by atoms with Gasteiger partial charge in [0.05, 0.1) is 0 Å². The molecule has 0 rings (SSSR count). The minimum atomic E-state index is 1.12. The normalized spacial score (nSPS) is 11.9. The molecule has 0 heteroatoms. The summed E-state index contributed by atoms with van der Waals surface area (Å²) >= 11 is 0. The molecule has 0 saturated carbocycles. The zero-order valence-electron chi connectivity index (χ0n) is 9.97. The SMILES string of the molecule is CCCC/C=C\C/C=C\CCCCC. The van der Waals surface area contributed by atoms with E-state index in [4.69, 9.17) is 0 Å². The molecule has 0 N–H and O–H groups in total. The lowest BCUT2D eigenvalue weighted by Gasteiger charge is -1.91. The fourth-order valence-electron chi connectivity index (χ4n) is 1.34. The third-order valence-electron chi connectivity index (χ3n) is 2.30. The monoisotopic (exact) mass is 194 g/mol. The number of rotatable bonds is 9. The van der Waals surface area contributed by atoms with Crippen LogP contribution in [0.5, 0.6) is 0 Å². The Morgan fingerprint density at radius 1 is 0.643 bits per heavy atom. The second-order valence-corrected chi connectivity index (χ2v) is 3.82. The first-order chi connectivity index (χ1) is 6.91. The number of hydrogen-bond acceptors (Lipinski definition) is 0. The van der Waals surface area contributed by atoms with Crippen molar-refractivity contribution in [2.24, 2.45) is 0 Å². The van der Waals surface area contributed by atoms with Gasteiger partial charge >= 0.3 is 0 Å². The highest BCUT2D eigenvalue weighted by molar-refractivity contribution is 4.92. The fraction of sp³-hybridized carbons (Fsp3) is 0.714. The van der Waals surface area contributed by atoms with E-state index in [2.05, 4.69) is 38.2 Å². The van der Waals surface area contributed by atoms with Crippen molar-refractivity contribution in [3.8, 4) is 0 Å². The van der Waals surface area contributed by atoms with E-state index < -0.39 is 0 Å². The number of allylic oxidation sites excluding steroid dienone is 4. The highest BCUT2D eigenvalue weighted by atomic mass is 13.9. The van der Waals surface area contributed by atoms with Gasteiger partial charge in [-0.05, 0) is 25.7 Å². The van der Waals surface area contributed by atoms with E-state index in [1.54, 1.807) is 0 Å². The molecule has 0 bridgehead atoms. The van der Waals surface area contributed by atoms with E-state index in [9.17, 15) is 0 Å². The minimum Gasteiger partial charge on any atom is -0.0882 e.